The number of amides is 3. The van der Waals surface area contributed by atoms with Crippen LogP contribution in [0.1, 0.15) is 23.4 Å². The summed E-state index contributed by atoms with van der Waals surface area (Å²) in [6.07, 6.45) is 0.230. The number of benzene rings is 1. The van der Waals surface area contributed by atoms with Crippen LogP contribution in [0, 0.1) is 0 Å². The third kappa shape index (κ3) is 4.33. The molecule has 3 amide bonds. The number of nitrogens with one attached hydrogen (secondary N) is 3. The van der Waals surface area contributed by atoms with Gasteiger partial charge < -0.3 is 16.0 Å². The van der Waals surface area contributed by atoms with Gasteiger partial charge in [-0.1, -0.05) is 24.3 Å². The van der Waals surface area contributed by atoms with E-state index in [0.717, 1.165) is 10.4 Å². The first-order valence-corrected chi connectivity index (χ1v) is 7.87. The molecule has 1 unspecified atom stereocenters. The van der Waals surface area contributed by atoms with E-state index in [1.165, 1.54) is 0 Å². The minimum absolute atomic E-state index is 0.0638. The second-order valence-electron chi connectivity index (χ2n) is 4.84. The van der Waals surface area contributed by atoms with Crippen LogP contribution in [0.4, 0.5) is 10.5 Å². The van der Waals surface area contributed by atoms with Gasteiger partial charge in [-0.2, -0.15) is 0 Å². The van der Waals surface area contributed by atoms with Gasteiger partial charge in [0.2, 0.25) is 5.91 Å². The Hall–Kier alpha value is -2.34. The molecule has 116 valence electrons. The van der Waals surface area contributed by atoms with E-state index in [1.54, 1.807) is 24.5 Å². The fourth-order valence-corrected chi connectivity index (χ4v) is 2.76. The molecule has 0 radical (unpaired) electrons. The van der Waals surface area contributed by atoms with Crippen molar-refractivity contribution in [1.82, 2.24) is 10.6 Å². The Morgan fingerprint density at radius 2 is 1.95 bits per heavy atom. The number of carbonyl (C=O) groups excluding carboxylic acids is 2. The maximum atomic E-state index is 12.1. The molecule has 0 saturated heterocycles. The predicted molar refractivity (Wildman–Crippen MR) is 89.1 cm³/mol. The van der Waals surface area contributed by atoms with E-state index in [-0.39, 0.29) is 24.4 Å². The van der Waals surface area contributed by atoms with Gasteiger partial charge in [-0.25, -0.2) is 4.79 Å². The summed E-state index contributed by atoms with van der Waals surface area (Å²) in [6.45, 7) is 1.93. The molecule has 0 saturated carbocycles. The quantitative estimate of drug-likeness (QED) is 0.793. The van der Waals surface area contributed by atoms with Crippen LogP contribution in [-0.4, -0.2) is 19.0 Å². The summed E-state index contributed by atoms with van der Waals surface area (Å²) >= 11 is 1.60. The number of carbonyl (C=O) groups is 2. The molecule has 0 aliphatic carbocycles. The van der Waals surface area contributed by atoms with Gasteiger partial charge in [0.05, 0.1) is 12.5 Å². The fraction of sp³-hybridized carbons (Fsp3) is 0.250. The van der Waals surface area contributed by atoms with Crippen LogP contribution in [0.2, 0.25) is 0 Å². The van der Waals surface area contributed by atoms with E-state index < -0.39 is 0 Å². The molecule has 6 heteroatoms. The van der Waals surface area contributed by atoms with Crippen LogP contribution in [0.3, 0.4) is 0 Å². The lowest BCUT2D eigenvalue weighted by Gasteiger charge is -2.15. The summed E-state index contributed by atoms with van der Waals surface area (Å²) in [5, 5.41) is 10.2. The van der Waals surface area contributed by atoms with Crippen molar-refractivity contribution in [2.45, 2.75) is 19.4 Å². The maximum absolute atomic E-state index is 12.1. The standard InChI is InChI=1S/C16H19N3O2S/c1-11(14-8-5-9-22-14)18-16(21)19-13-7-4-3-6-12(13)10-15(20)17-2/h3-9,11H,10H2,1-2H3,(H,17,20)(H2,18,19,21). The highest BCUT2D eigenvalue weighted by atomic mass is 32.1. The lowest BCUT2D eigenvalue weighted by atomic mass is 10.1. The molecule has 1 aromatic carbocycles. The zero-order valence-corrected chi connectivity index (χ0v) is 13.4. The number of hydrogen-bond donors (Lipinski definition) is 3. The molecule has 1 aromatic heterocycles. The van der Waals surface area contributed by atoms with Crippen LogP contribution in [-0.2, 0) is 11.2 Å². The topological polar surface area (TPSA) is 70.2 Å². The Balaban J connectivity index is 2.01. The highest BCUT2D eigenvalue weighted by Gasteiger charge is 2.12. The first-order chi connectivity index (χ1) is 10.6. The molecule has 3 N–H and O–H groups in total. The molecule has 2 aromatic rings. The van der Waals surface area contributed by atoms with E-state index in [2.05, 4.69) is 16.0 Å². The van der Waals surface area contributed by atoms with Gasteiger partial charge in [-0.05, 0) is 30.0 Å². The molecule has 2 rings (SSSR count). The Bertz CT molecular complexity index is 641. The Kier molecular flexibility index (Phi) is 5.55. The third-order valence-electron chi connectivity index (χ3n) is 3.21. The minimum atomic E-state index is -0.287. The second kappa shape index (κ2) is 7.61. The van der Waals surface area contributed by atoms with Crippen molar-refractivity contribution < 1.29 is 9.59 Å². The molecule has 22 heavy (non-hydrogen) atoms. The number of likely N-dealkylation sites (N-methyl/N-ethyl adjacent to an activating group) is 1. The molecule has 5 nitrogen and oxygen atoms in total. The zero-order chi connectivity index (χ0) is 15.9. The van der Waals surface area contributed by atoms with Crippen molar-refractivity contribution in [2.75, 3.05) is 12.4 Å². The summed E-state index contributed by atoms with van der Waals surface area (Å²) in [4.78, 5) is 24.7. The van der Waals surface area contributed by atoms with E-state index in [9.17, 15) is 9.59 Å². The molecular formula is C16H19N3O2S. The predicted octanol–water partition coefficient (Wildman–Crippen LogP) is 2.92. The van der Waals surface area contributed by atoms with Crippen molar-refractivity contribution in [3.8, 4) is 0 Å². The fourth-order valence-electron chi connectivity index (χ4n) is 2.02. The van der Waals surface area contributed by atoms with Gasteiger partial charge in [-0.15, -0.1) is 11.3 Å². The number of para-hydroxylation sites is 1. The van der Waals surface area contributed by atoms with Gasteiger partial charge >= 0.3 is 6.03 Å². The van der Waals surface area contributed by atoms with Crippen molar-refractivity contribution in [2.24, 2.45) is 0 Å². The average Bonchev–Trinajstić information content (AvgIpc) is 3.03. The van der Waals surface area contributed by atoms with Gasteiger partial charge in [-0.3, -0.25) is 4.79 Å². The summed E-state index contributed by atoms with van der Waals surface area (Å²) in [6, 6.07) is 10.9. The first-order valence-electron chi connectivity index (χ1n) is 6.99. The molecule has 0 aliphatic heterocycles. The Morgan fingerprint density at radius 1 is 1.18 bits per heavy atom. The Morgan fingerprint density at radius 3 is 2.64 bits per heavy atom. The van der Waals surface area contributed by atoms with Crippen LogP contribution in [0.5, 0.6) is 0 Å². The normalized spacial score (nSPS) is 11.5. The van der Waals surface area contributed by atoms with Crippen LogP contribution in [0.15, 0.2) is 41.8 Å². The highest BCUT2D eigenvalue weighted by Crippen LogP contribution is 2.19. The first kappa shape index (κ1) is 16.0. The monoisotopic (exact) mass is 317 g/mol. The molecule has 1 heterocycles. The number of hydrogen-bond acceptors (Lipinski definition) is 3. The largest absolute Gasteiger partial charge is 0.359 e. The van der Waals surface area contributed by atoms with Crippen molar-refractivity contribution >= 4 is 29.0 Å². The SMILES string of the molecule is CNC(=O)Cc1ccccc1NC(=O)NC(C)c1cccs1. The molecule has 0 bridgehead atoms. The summed E-state index contributed by atoms with van der Waals surface area (Å²) < 4.78 is 0. The van der Waals surface area contributed by atoms with Crippen molar-refractivity contribution in [1.29, 1.82) is 0 Å². The molecule has 0 fully saturated rings. The third-order valence-corrected chi connectivity index (χ3v) is 4.27. The lowest BCUT2D eigenvalue weighted by Crippen LogP contribution is -2.31. The zero-order valence-electron chi connectivity index (χ0n) is 12.6. The van der Waals surface area contributed by atoms with Crippen molar-refractivity contribution in [3.05, 3.63) is 52.2 Å². The number of urea groups is 1. The summed E-state index contributed by atoms with van der Waals surface area (Å²) in [7, 11) is 1.59. The van der Waals surface area contributed by atoms with Gasteiger partial charge in [0.15, 0.2) is 0 Å². The van der Waals surface area contributed by atoms with Crippen molar-refractivity contribution in [3.63, 3.8) is 0 Å². The molecular weight excluding hydrogens is 298 g/mol. The van der Waals surface area contributed by atoms with E-state index in [0.29, 0.717) is 5.69 Å². The number of anilines is 1. The molecule has 1 atom stereocenters. The van der Waals surface area contributed by atoms with Crippen LogP contribution >= 0.6 is 11.3 Å². The Labute approximate surface area is 133 Å². The lowest BCUT2D eigenvalue weighted by molar-refractivity contribution is -0.119. The van der Waals surface area contributed by atoms with Crippen LogP contribution in [0.25, 0.3) is 0 Å². The van der Waals surface area contributed by atoms with Crippen LogP contribution < -0.4 is 16.0 Å². The van der Waals surface area contributed by atoms with Gasteiger partial charge in [0, 0.05) is 17.6 Å². The van der Waals surface area contributed by atoms with E-state index in [4.69, 9.17) is 0 Å². The minimum Gasteiger partial charge on any atom is -0.359 e. The smallest absolute Gasteiger partial charge is 0.319 e. The summed E-state index contributed by atoms with van der Waals surface area (Å²) in [5.41, 5.74) is 1.42. The van der Waals surface area contributed by atoms with Gasteiger partial charge in [0.1, 0.15) is 0 Å². The van der Waals surface area contributed by atoms with E-state index >= 15 is 0 Å². The van der Waals surface area contributed by atoms with Gasteiger partial charge in [0.25, 0.3) is 0 Å². The summed E-state index contributed by atoms with van der Waals surface area (Å²) in [5.74, 6) is -0.0957. The number of thiophene rings is 1. The van der Waals surface area contributed by atoms with E-state index in [1.807, 2.05) is 42.6 Å². The number of rotatable bonds is 5. The molecule has 0 aliphatic rings. The molecule has 0 spiro atoms. The average molecular weight is 317 g/mol. The maximum Gasteiger partial charge on any atom is 0.319 e. The second-order valence-corrected chi connectivity index (χ2v) is 5.82. The highest BCUT2D eigenvalue weighted by molar-refractivity contribution is 7.10.